The monoisotopic (exact) mass is 381 g/mol. The largest absolute Gasteiger partial charge is 0.360 e. The molecule has 0 aliphatic rings. The standard InChI is InChI=1S/C20H36N4O3/c1-7-23(8-2)11-9-10-16(5)24(20(26)12-15(3)4)14-19(25)21-18-13-17(6)27-22-18/h13,15-16H,7-12,14H2,1-6H3,(H,21,22,25)/p+1/t16-/m1/s1. The summed E-state index contributed by atoms with van der Waals surface area (Å²) >= 11 is 0. The average Bonchev–Trinajstić information content (AvgIpc) is 3.00. The Hall–Kier alpha value is -1.89. The van der Waals surface area contributed by atoms with E-state index in [2.05, 4.69) is 24.3 Å². The fraction of sp³-hybridized carbons (Fsp3) is 0.750. The van der Waals surface area contributed by atoms with Crippen LogP contribution in [0.4, 0.5) is 5.82 Å². The summed E-state index contributed by atoms with van der Waals surface area (Å²) < 4.78 is 4.97. The number of amides is 2. The highest BCUT2D eigenvalue weighted by molar-refractivity contribution is 5.93. The number of quaternary nitrogens is 1. The minimum absolute atomic E-state index is 0.0241. The zero-order valence-corrected chi connectivity index (χ0v) is 17.8. The van der Waals surface area contributed by atoms with Crippen LogP contribution in [-0.4, -0.2) is 54.1 Å². The first-order valence-corrected chi connectivity index (χ1v) is 10.1. The van der Waals surface area contributed by atoms with Gasteiger partial charge in [-0.2, -0.15) is 0 Å². The quantitative estimate of drug-likeness (QED) is 0.579. The molecule has 0 unspecified atom stereocenters. The molecule has 0 fully saturated rings. The van der Waals surface area contributed by atoms with E-state index < -0.39 is 0 Å². The molecule has 1 atom stereocenters. The van der Waals surface area contributed by atoms with E-state index in [-0.39, 0.29) is 30.3 Å². The second kappa shape index (κ2) is 11.7. The first-order chi connectivity index (χ1) is 12.8. The van der Waals surface area contributed by atoms with E-state index >= 15 is 0 Å². The molecule has 2 amide bonds. The minimum atomic E-state index is -0.248. The lowest BCUT2D eigenvalue weighted by atomic mass is 10.1. The molecule has 0 bridgehead atoms. The highest BCUT2D eigenvalue weighted by Gasteiger charge is 2.24. The van der Waals surface area contributed by atoms with Gasteiger partial charge in [-0.15, -0.1) is 0 Å². The lowest BCUT2D eigenvalue weighted by Gasteiger charge is -2.30. The Balaban J connectivity index is 2.67. The molecule has 7 heteroatoms. The Kier molecular flexibility index (Phi) is 10.1. The Bertz CT molecular complexity index is 582. The van der Waals surface area contributed by atoms with Gasteiger partial charge in [-0.1, -0.05) is 19.0 Å². The van der Waals surface area contributed by atoms with Crippen LogP contribution < -0.4 is 10.2 Å². The van der Waals surface area contributed by atoms with Gasteiger partial charge in [0.1, 0.15) is 12.3 Å². The molecule has 0 saturated heterocycles. The lowest BCUT2D eigenvalue weighted by Crippen LogP contribution is -3.11. The zero-order valence-electron chi connectivity index (χ0n) is 17.8. The molecular formula is C20H37N4O3+. The van der Waals surface area contributed by atoms with Crippen molar-refractivity contribution in [2.75, 3.05) is 31.5 Å². The third-order valence-corrected chi connectivity index (χ3v) is 4.80. The number of aromatic nitrogens is 1. The Morgan fingerprint density at radius 2 is 1.93 bits per heavy atom. The van der Waals surface area contributed by atoms with Crippen molar-refractivity contribution in [1.29, 1.82) is 0 Å². The van der Waals surface area contributed by atoms with E-state index in [1.807, 2.05) is 20.8 Å². The summed E-state index contributed by atoms with van der Waals surface area (Å²) in [6.45, 7) is 15.6. The predicted octanol–water partition coefficient (Wildman–Crippen LogP) is 1.89. The average molecular weight is 382 g/mol. The zero-order chi connectivity index (χ0) is 20.4. The van der Waals surface area contributed by atoms with Crippen LogP contribution in [0.25, 0.3) is 0 Å². The van der Waals surface area contributed by atoms with Crippen molar-refractivity contribution in [3.8, 4) is 0 Å². The number of aryl methyl sites for hydroxylation is 1. The van der Waals surface area contributed by atoms with E-state index in [0.717, 1.165) is 32.5 Å². The molecule has 0 aliphatic carbocycles. The molecule has 1 heterocycles. The summed E-state index contributed by atoms with van der Waals surface area (Å²) in [6.07, 6.45) is 2.37. The van der Waals surface area contributed by atoms with E-state index in [0.29, 0.717) is 18.0 Å². The van der Waals surface area contributed by atoms with Crippen LogP contribution in [0.5, 0.6) is 0 Å². The van der Waals surface area contributed by atoms with Crippen molar-refractivity contribution < 1.29 is 19.0 Å². The number of carbonyl (C=O) groups is 2. The Labute approximate surface area is 163 Å². The topological polar surface area (TPSA) is 79.9 Å². The minimum Gasteiger partial charge on any atom is -0.360 e. The van der Waals surface area contributed by atoms with E-state index in [9.17, 15) is 9.59 Å². The summed E-state index contributed by atoms with van der Waals surface area (Å²) in [5.74, 6) is 1.05. The number of rotatable bonds is 12. The summed E-state index contributed by atoms with van der Waals surface area (Å²) in [4.78, 5) is 28.4. The van der Waals surface area contributed by atoms with Gasteiger partial charge in [0.2, 0.25) is 11.8 Å². The normalized spacial score (nSPS) is 12.4. The molecule has 154 valence electrons. The highest BCUT2D eigenvalue weighted by Crippen LogP contribution is 2.13. The third-order valence-electron chi connectivity index (χ3n) is 4.80. The van der Waals surface area contributed by atoms with E-state index in [1.165, 1.54) is 0 Å². The van der Waals surface area contributed by atoms with Crippen molar-refractivity contribution in [2.45, 2.75) is 66.8 Å². The van der Waals surface area contributed by atoms with E-state index in [1.54, 1.807) is 22.8 Å². The molecule has 0 spiro atoms. The molecule has 2 N–H and O–H groups in total. The van der Waals surface area contributed by atoms with Crippen molar-refractivity contribution in [3.63, 3.8) is 0 Å². The van der Waals surface area contributed by atoms with Gasteiger partial charge in [-0.3, -0.25) is 9.59 Å². The third kappa shape index (κ3) is 8.56. The van der Waals surface area contributed by atoms with Crippen LogP contribution in [-0.2, 0) is 9.59 Å². The van der Waals surface area contributed by atoms with Crippen LogP contribution in [0.1, 0.15) is 59.6 Å². The second-order valence-corrected chi connectivity index (χ2v) is 7.69. The smallest absolute Gasteiger partial charge is 0.245 e. The van der Waals surface area contributed by atoms with Gasteiger partial charge in [-0.05, 0) is 46.5 Å². The number of hydrogen-bond acceptors (Lipinski definition) is 4. The molecule has 0 radical (unpaired) electrons. The van der Waals surface area contributed by atoms with Crippen molar-refractivity contribution in [1.82, 2.24) is 10.1 Å². The van der Waals surface area contributed by atoms with Gasteiger partial charge in [0, 0.05) is 18.5 Å². The summed E-state index contributed by atoms with van der Waals surface area (Å²) in [5, 5.41) is 6.48. The van der Waals surface area contributed by atoms with E-state index in [4.69, 9.17) is 4.52 Å². The summed E-state index contributed by atoms with van der Waals surface area (Å²) in [7, 11) is 0. The predicted molar refractivity (Wildman–Crippen MR) is 107 cm³/mol. The molecule has 0 aromatic carbocycles. The maximum atomic E-state index is 12.7. The fourth-order valence-corrected chi connectivity index (χ4v) is 3.13. The number of carbonyl (C=O) groups excluding carboxylic acids is 2. The summed E-state index contributed by atoms with van der Waals surface area (Å²) in [5.41, 5.74) is 0. The maximum absolute atomic E-state index is 12.7. The molecule has 1 aromatic rings. The maximum Gasteiger partial charge on any atom is 0.245 e. The molecule has 1 rings (SSSR count). The van der Waals surface area contributed by atoms with Crippen LogP contribution in [0.15, 0.2) is 10.6 Å². The Morgan fingerprint density at radius 3 is 2.44 bits per heavy atom. The second-order valence-electron chi connectivity index (χ2n) is 7.69. The van der Waals surface area contributed by atoms with Gasteiger partial charge in [-0.25, -0.2) is 0 Å². The molecule has 7 nitrogen and oxygen atoms in total. The molecule has 0 aliphatic heterocycles. The molecule has 1 aromatic heterocycles. The van der Waals surface area contributed by atoms with Gasteiger partial charge < -0.3 is 19.6 Å². The fourth-order valence-electron chi connectivity index (χ4n) is 3.13. The summed E-state index contributed by atoms with van der Waals surface area (Å²) in [6, 6.07) is 1.69. The van der Waals surface area contributed by atoms with Gasteiger partial charge >= 0.3 is 0 Å². The van der Waals surface area contributed by atoms with Crippen LogP contribution in [0.2, 0.25) is 0 Å². The van der Waals surface area contributed by atoms with Crippen molar-refractivity contribution in [3.05, 3.63) is 11.8 Å². The molecular weight excluding hydrogens is 344 g/mol. The number of nitrogens with zero attached hydrogens (tertiary/aromatic N) is 2. The van der Waals surface area contributed by atoms with Crippen LogP contribution in [0.3, 0.4) is 0 Å². The Morgan fingerprint density at radius 1 is 1.26 bits per heavy atom. The first-order valence-electron chi connectivity index (χ1n) is 10.1. The number of hydrogen-bond donors (Lipinski definition) is 2. The van der Waals surface area contributed by atoms with Crippen molar-refractivity contribution >= 4 is 17.6 Å². The first kappa shape index (κ1) is 23.1. The van der Waals surface area contributed by atoms with Gasteiger partial charge in [0.15, 0.2) is 5.82 Å². The SMILES string of the molecule is CC[NH+](CC)CCC[C@@H](C)N(CC(=O)Nc1cc(C)on1)C(=O)CC(C)C. The van der Waals surface area contributed by atoms with Gasteiger partial charge in [0.25, 0.3) is 0 Å². The van der Waals surface area contributed by atoms with Crippen LogP contribution >= 0.6 is 0 Å². The molecule has 27 heavy (non-hydrogen) atoms. The molecule has 0 saturated carbocycles. The lowest BCUT2D eigenvalue weighted by molar-refractivity contribution is -0.896. The van der Waals surface area contributed by atoms with Crippen LogP contribution in [0, 0.1) is 12.8 Å². The number of anilines is 1. The van der Waals surface area contributed by atoms with Gasteiger partial charge in [0.05, 0.1) is 19.6 Å². The highest BCUT2D eigenvalue weighted by atomic mass is 16.5. The van der Waals surface area contributed by atoms with Crippen molar-refractivity contribution in [2.24, 2.45) is 5.92 Å². The number of nitrogens with one attached hydrogen (secondary N) is 2.